The largest absolute Gasteiger partial charge is 0.481 e. The van der Waals surface area contributed by atoms with Crippen molar-refractivity contribution in [3.8, 4) is 11.3 Å². The molecule has 0 aliphatic heterocycles. The predicted molar refractivity (Wildman–Crippen MR) is 114 cm³/mol. The van der Waals surface area contributed by atoms with Crippen LogP contribution in [0.3, 0.4) is 0 Å². The number of nitrogens with zero attached hydrogens (tertiary/aromatic N) is 3. The van der Waals surface area contributed by atoms with E-state index in [0.717, 1.165) is 38.1 Å². The fourth-order valence-electron chi connectivity index (χ4n) is 5.43. The van der Waals surface area contributed by atoms with Gasteiger partial charge in [-0.25, -0.2) is 14.4 Å². The molecule has 3 aliphatic carbocycles. The number of aliphatic carboxylic acids is 1. The van der Waals surface area contributed by atoms with Crippen LogP contribution in [0.5, 0.6) is 0 Å². The molecule has 12 heteroatoms. The van der Waals surface area contributed by atoms with Crippen molar-refractivity contribution in [1.82, 2.24) is 19.5 Å². The van der Waals surface area contributed by atoms with Crippen LogP contribution in [0.25, 0.3) is 22.3 Å². The zero-order valence-corrected chi connectivity index (χ0v) is 17.8. The zero-order valence-electron chi connectivity index (χ0n) is 17.8. The molecule has 0 spiro atoms. The first-order valence-electron chi connectivity index (χ1n) is 10.9. The van der Waals surface area contributed by atoms with Gasteiger partial charge in [-0.3, -0.25) is 9.59 Å². The minimum Gasteiger partial charge on any atom is -0.481 e. The monoisotopic (exact) mass is 479 g/mol. The molecule has 3 heterocycles. The van der Waals surface area contributed by atoms with E-state index in [2.05, 4.69) is 20.3 Å². The number of carbonyl (C=O) groups is 1. The summed E-state index contributed by atoms with van der Waals surface area (Å²) in [4.78, 5) is 35.9. The molecule has 2 bridgehead atoms. The number of carboxylic acid groups (broad SMARTS) is 1. The number of alkyl halides is 3. The molecule has 2 atom stereocenters. The van der Waals surface area contributed by atoms with Gasteiger partial charge in [-0.05, 0) is 43.6 Å². The van der Waals surface area contributed by atoms with Crippen LogP contribution in [0.4, 0.5) is 23.4 Å². The van der Waals surface area contributed by atoms with Crippen molar-refractivity contribution >= 4 is 22.8 Å². The number of rotatable bonds is 5. The van der Waals surface area contributed by atoms with Gasteiger partial charge in [0.2, 0.25) is 0 Å². The topological polar surface area (TPSA) is 113 Å². The predicted octanol–water partition coefficient (Wildman–Crippen LogP) is 3.79. The average Bonchev–Trinajstić information content (AvgIpc) is 3.19. The molecule has 3 aromatic rings. The van der Waals surface area contributed by atoms with Crippen LogP contribution in [0, 0.1) is 23.6 Å². The first kappa shape index (κ1) is 22.4. The number of pyridine rings is 1. The van der Waals surface area contributed by atoms with Crippen molar-refractivity contribution in [2.75, 3.05) is 5.32 Å². The van der Waals surface area contributed by atoms with Crippen LogP contribution in [0.15, 0.2) is 29.5 Å². The lowest BCUT2D eigenvalue weighted by molar-refractivity contribution is -0.148. The maximum Gasteiger partial charge on any atom is 0.406 e. The molecular formula is C22H21F4N5O3. The average molecular weight is 479 g/mol. The quantitative estimate of drug-likeness (QED) is 0.480. The minimum atomic E-state index is -4.68. The van der Waals surface area contributed by atoms with Gasteiger partial charge in [0.25, 0.3) is 5.56 Å². The Morgan fingerprint density at radius 1 is 1.24 bits per heavy atom. The Balaban J connectivity index is 1.62. The molecule has 0 amide bonds. The van der Waals surface area contributed by atoms with E-state index in [9.17, 15) is 32.3 Å². The number of anilines is 1. The second-order valence-corrected chi connectivity index (χ2v) is 8.98. The Morgan fingerprint density at radius 2 is 1.94 bits per heavy atom. The van der Waals surface area contributed by atoms with Crippen LogP contribution in [0.1, 0.15) is 25.7 Å². The Hall–Kier alpha value is -3.44. The molecule has 3 aromatic heterocycles. The van der Waals surface area contributed by atoms with Crippen LogP contribution >= 0.6 is 0 Å². The van der Waals surface area contributed by atoms with Gasteiger partial charge in [-0.15, -0.1) is 0 Å². The van der Waals surface area contributed by atoms with Crippen LogP contribution in [-0.4, -0.2) is 42.8 Å². The highest BCUT2D eigenvalue weighted by molar-refractivity contribution is 5.92. The van der Waals surface area contributed by atoms with E-state index in [1.165, 1.54) is 12.3 Å². The highest BCUT2D eigenvalue weighted by Crippen LogP contribution is 2.46. The van der Waals surface area contributed by atoms with Crippen LogP contribution in [0.2, 0.25) is 0 Å². The third kappa shape index (κ3) is 4.01. The molecule has 0 unspecified atom stereocenters. The smallest absolute Gasteiger partial charge is 0.406 e. The lowest BCUT2D eigenvalue weighted by atomic mass is 9.61. The molecular weight excluding hydrogens is 458 g/mol. The third-order valence-electron chi connectivity index (χ3n) is 6.90. The lowest BCUT2D eigenvalue weighted by Gasteiger charge is -2.47. The standard InChI is InChI=1S/C22H21F4N5O3/c23-12-5-13-14(7-28-18(13)27-6-12)15-8-31(9-22(24,25)26)20(32)19(29-15)30-17-11-3-1-10(2-4-11)16(17)21(33)34/h5-8,10-11,16-17H,1-4,9H2,(H,27,28)(H,29,30)(H,33,34)/t10?,11?,16-,17-/m0/s1. The van der Waals surface area contributed by atoms with Gasteiger partial charge in [0.15, 0.2) is 5.82 Å². The van der Waals surface area contributed by atoms with Crippen LogP contribution < -0.4 is 10.9 Å². The first-order chi connectivity index (χ1) is 16.1. The summed E-state index contributed by atoms with van der Waals surface area (Å²) in [6.07, 6.45) is 1.79. The number of aromatic amines is 1. The SMILES string of the molecule is O=C(O)[C@H]1C2CCC(CC2)[C@@H]1Nc1nc(-c2c[nH]c3ncc(F)cc23)cn(CC(F)(F)F)c1=O. The minimum absolute atomic E-state index is 0.00200. The maximum absolute atomic E-state index is 13.8. The highest BCUT2D eigenvalue weighted by Gasteiger charge is 2.47. The summed E-state index contributed by atoms with van der Waals surface area (Å²) in [5, 5.41) is 13.0. The molecule has 8 nitrogen and oxygen atoms in total. The van der Waals surface area contributed by atoms with E-state index in [-0.39, 0.29) is 34.3 Å². The number of aromatic nitrogens is 4. The van der Waals surface area contributed by atoms with E-state index in [0.29, 0.717) is 10.2 Å². The summed E-state index contributed by atoms with van der Waals surface area (Å²) < 4.78 is 54.0. The zero-order chi connectivity index (χ0) is 24.2. The van der Waals surface area contributed by atoms with Gasteiger partial charge < -0.3 is 20.0 Å². The van der Waals surface area contributed by atoms with Crippen molar-refractivity contribution in [1.29, 1.82) is 0 Å². The summed E-state index contributed by atoms with van der Waals surface area (Å²) in [6.45, 7) is -1.55. The number of nitrogens with one attached hydrogen (secondary N) is 2. The van der Waals surface area contributed by atoms with Gasteiger partial charge in [0, 0.05) is 29.4 Å². The Labute approximate surface area is 190 Å². The molecule has 3 fully saturated rings. The number of H-pyrrole nitrogens is 1. The fourth-order valence-corrected chi connectivity index (χ4v) is 5.43. The van der Waals surface area contributed by atoms with Gasteiger partial charge in [0.1, 0.15) is 18.0 Å². The normalized spacial score (nSPS) is 24.5. The number of hydrogen-bond acceptors (Lipinski definition) is 5. The van der Waals surface area contributed by atoms with E-state index in [1.807, 2.05) is 0 Å². The van der Waals surface area contributed by atoms with Gasteiger partial charge >= 0.3 is 12.1 Å². The molecule has 0 aromatic carbocycles. The van der Waals surface area contributed by atoms with Crippen molar-refractivity contribution in [2.45, 2.75) is 44.4 Å². The van der Waals surface area contributed by atoms with Crippen LogP contribution in [-0.2, 0) is 11.3 Å². The third-order valence-corrected chi connectivity index (χ3v) is 6.90. The van der Waals surface area contributed by atoms with Gasteiger partial charge in [0.05, 0.1) is 17.8 Å². The summed E-state index contributed by atoms with van der Waals surface area (Å²) in [7, 11) is 0. The lowest BCUT2D eigenvalue weighted by Crippen LogP contribution is -2.52. The van der Waals surface area contributed by atoms with Crippen molar-refractivity contribution < 1.29 is 27.5 Å². The van der Waals surface area contributed by atoms with Crippen molar-refractivity contribution in [3.63, 3.8) is 0 Å². The molecule has 3 N–H and O–H groups in total. The molecule has 0 radical (unpaired) electrons. The van der Waals surface area contributed by atoms with Crippen molar-refractivity contribution in [2.24, 2.45) is 17.8 Å². The molecule has 0 saturated heterocycles. The second kappa shape index (κ2) is 8.10. The molecule has 6 rings (SSSR count). The summed E-state index contributed by atoms with van der Waals surface area (Å²) in [5.41, 5.74) is -0.439. The van der Waals surface area contributed by atoms with E-state index in [1.54, 1.807) is 0 Å². The van der Waals surface area contributed by atoms with Gasteiger partial charge in [-0.2, -0.15) is 13.2 Å². The number of hydrogen-bond donors (Lipinski definition) is 3. The maximum atomic E-state index is 13.8. The number of carboxylic acids is 1. The molecule has 3 aliphatic rings. The van der Waals surface area contributed by atoms with E-state index >= 15 is 0 Å². The molecule has 34 heavy (non-hydrogen) atoms. The summed E-state index contributed by atoms with van der Waals surface area (Å²) >= 11 is 0. The summed E-state index contributed by atoms with van der Waals surface area (Å²) in [5.74, 6) is -2.86. The number of fused-ring (bicyclic) bond motifs is 4. The molecule has 180 valence electrons. The Morgan fingerprint density at radius 3 is 2.62 bits per heavy atom. The van der Waals surface area contributed by atoms with E-state index in [4.69, 9.17) is 0 Å². The van der Waals surface area contributed by atoms with Gasteiger partial charge in [-0.1, -0.05) is 0 Å². The Kier molecular flexibility index (Phi) is 5.33. The Bertz CT molecular complexity index is 1310. The molecule has 3 saturated carbocycles. The van der Waals surface area contributed by atoms with E-state index < -0.39 is 42.0 Å². The van der Waals surface area contributed by atoms with Crippen molar-refractivity contribution in [3.05, 3.63) is 40.8 Å². The first-order valence-corrected chi connectivity index (χ1v) is 10.9. The fraction of sp³-hybridized carbons (Fsp3) is 0.455. The second-order valence-electron chi connectivity index (χ2n) is 8.98. The summed E-state index contributed by atoms with van der Waals surface area (Å²) in [6, 6.07) is 0.546. The number of halogens is 4. The highest BCUT2D eigenvalue weighted by atomic mass is 19.4.